The summed E-state index contributed by atoms with van der Waals surface area (Å²) < 4.78 is 4.95. The minimum atomic E-state index is -1.29. The molecule has 0 saturated carbocycles. The second kappa shape index (κ2) is 18.1. The number of benzene rings is 3. The number of allylic oxidation sites excluding steroid dienone is 1. The Morgan fingerprint density at radius 3 is 2.39 bits per heavy atom. The average molecular weight is 798 g/mol. The molecule has 3 amide bonds. The van der Waals surface area contributed by atoms with Gasteiger partial charge in [0.25, 0.3) is 5.91 Å². The Balaban J connectivity index is 1.01. The van der Waals surface area contributed by atoms with E-state index in [0.717, 1.165) is 64.7 Å². The summed E-state index contributed by atoms with van der Waals surface area (Å²) >= 11 is 0. The Morgan fingerprint density at radius 1 is 0.966 bits per heavy atom. The van der Waals surface area contributed by atoms with Gasteiger partial charge in [-0.05, 0) is 85.1 Å². The van der Waals surface area contributed by atoms with Crippen molar-refractivity contribution in [3.05, 3.63) is 107 Å². The molecule has 4 heterocycles. The second-order valence-corrected chi connectivity index (χ2v) is 15.4. The molecule has 2 fully saturated rings. The molecular formula is C46H51N7O6. The molecule has 59 heavy (non-hydrogen) atoms. The lowest BCUT2D eigenvalue weighted by Gasteiger charge is -2.37. The summed E-state index contributed by atoms with van der Waals surface area (Å²) in [5.74, 6) is 7.07. The molecule has 13 heteroatoms. The minimum Gasteiger partial charge on any atom is -0.453 e. The van der Waals surface area contributed by atoms with Gasteiger partial charge in [0.2, 0.25) is 12.3 Å². The van der Waals surface area contributed by atoms with Gasteiger partial charge in [-0.25, -0.2) is 14.8 Å². The molecule has 7 rings (SSSR count). The molecule has 0 aliphatic carbocycles. The summed E-state index contributed by atoms with van der Waals surface area (Å²) in [6, 6.07) is 22.5. The fraction of sp³-hybridized carbons (Fsp3) is 0.391. The number of hydrogen-bond donors (Lipinski definition) is 2. The molecule has 0 spiro atoms. The maximum absolute atomic E-state index is 14.5. The van der Waals surface area contributed by atoms with E-state index < -0.39 is 17.7 Å². The summed E-state index contributed by atoms with van der Waals surface area (Å²) in [6.07, 6.45) is 6.81. The standard InChI is InChI=1S/C46H51N7O6/c1-6-46(51-45(56)57-4,35-12-8-7-9-13-35)44(55)53-25-11-15-40(53)42-49-36-23-20-32(26-37(36)50-42)17-16-31-18-21-33(22-19-31)34-27-38(47-28-34)39-14-10-24-52(39)43(54)41(30(2)3)48-29-59-58-5/h7-9,12-13,18-23,26,28-30,39-41H,6,10-11,14-15,24-25,27H2,1-5H3,(H,49,50)(H,51,56)/t39-,40-,41-,46?/m0/s1. The van der Waals surface area contributed by atoms with Crippen LogP contribution in [0.1, 0.15) is 93.4 Å². The number of likely N-dealkylation sites (tertiary alicyclic amines) is 2. The van der Waals surface area contributed by atoms with Crippen molar-refractivity contribution >= 4 is 46.6 Å². The third-order valence-electron chi connectivity index (χ3n) is 11.5. The van der Waals surface area contributed by atoms with Gasteiger partial charge in [0.15, 0.2) is 0 Å². The molecule has 2 N–H and O–H groups in total. The van der Waals surface area contributed by atoms with E-state index >= 15 is 0 Å². The van der Waals surface area contributed by atoms with E-state index in [1.54, 1.807) is 0 Å². The van der Waals surface area contributed by atoms with Crippen molar-refractivity contribution in [2.45, 2.75) is 83.0 Å². The Bertz CT molecular complexity index is 2320. The van der Waals surface area contributed by atoms with Crippen molar-refractivity contribution in [3.63, 3.8) is 0 Å². The van der Waals surface area contributed by atoms with Crippen molar-refractivity contribution in [2.75, 3.05) is 27.3 Å². The summed E-state index contributed by atoms with van der Waals surface area (Å²) in [6.45, 7) is 7.05. The highest BCUT2D eigenvalue weighted by atomic mass is 17.2. The number of aliphatic imine (C=N–C) groups is 2. The lowest BCUT2D eigenvalue weighted by Crippen LogP contribution is -2.57. The molecule has 1 unspecified atom stereocenters. The maximum atomic E-state index is 14.5. The molecule has 306 valence electrons. The quantitative estimate of drug-likeness (QED) is 0.0511. The molecular weight excluding hydrogens is 747 g/mol. The lowest BCUT2D eigenvalue weighted by molar-refractivity contribution is -0.188. The monoisotopic (exact) mass is 797 g/mol. The van der Waals surface area contributed by atoms with Crippen LogP contribution in [0.5, 0.6) is 0 Å². The van der Waals surface area contributed by atoms with E-state index in [-0.39, 0.29) is 29.8 Å². The van der Waals surface area contributed by atoms with E-state index in [1.807, 2.05) is 97.4 Å². The molecule has 4 atom stereocenters. The van der Waals surface area contributed by atoms with Crippen molar-refractivity contribution in [1.29, 1.82) is 0 Å². The third kappa shape index (κ3) is 8.64. The number of hydrogen-bond acceptors (Lipinski definition) is 9. The lowest BCUT2D eigenvalue weighted by atomic mass is 9.85. The molecule has 0 bridgehead atoms. The highest BCUT2D eigenvalue weighted by molar-refractivity contribution is 6.03. The van der Waals surface area contributed by atoms with Crippen LogP contribution in [-0.2, 0) is 29.6 Å². The number of aromatic amines is 1. The largest absolute Gasteiger partial charge is 0.453 e. The van der Waals surface area contributed by atoms with Gasteiger partial charge in [0.1, 0.15) is 17.4 Å². The summed E-state index contributed by atoms with van der Waals surface area (Å²) in [5.41, 5.74) is 5.90. The first-order chi connectivity index (χ1) is 28.6. The predicted octanol–water partition coefficient (Wildman–Crippen LogP) is 7.10. The van der Waals surface area contributed by atoms with Crippen molar-refractivity contribution < 1.29 is 28.9 Å². The maximum Gasteiger partial charge on any atom is 0.407 e. The van der Waals surface area contributed by atoms with Gasteiger partial charge >= 0.3 is 6.09 Å². The van der Waals surface area contributed by atoms with E-state index in [0.29, 0.717) is 37.3 Å². The van der Waals surface area contributed by atoms with E-state index in [1.165, 1.54) is 20.6 Å². The SMILES string of the molecule is CCC(NC(=O)OC)(C(=O)N1CCC[C@H]1c1nc2ccc(C#Cc3ccc(C4=CN=C([C@@H]5CCCN5C(=O)[C@@H](N=COOC)C(C)C)C4)cc3)cc2[nH]1)c1ccccc1. The van der Waals surface area contributed by atoms with Crippen LogP contribution in [0.2, 0.25) is 0 Å². The number of imidazole rings is 1. The topological polar surface area (TPSA) is 151 Å². The van der Waals surface area contributed by atoms with Crippen LogP contribution < -0.4 is 5.32 Å². The van der Waals surface area contributed by atoms with Gasteiger partial charge < -0.3 is 29.7 Å². The van der Waals surface area contributed by atoms with Crippen LogP contribution in [0.25, 0.3) is 16.6 Å². The number of alkyl carbamates (subject to hydrolysis) is 1. The van der Waals surface area contributed by atoms with Gasteiger partial charge in [0, 0.05) is 42.5 Å². The number of rotatable bonds is 12. The number of H-pyrrole nitrogens is 1. The number of carbonyl (C=O) groups excluding carboxylic acids is 3. The minimum absolute atomic E-state index is 0.00180. The van der Waals surface area contributed by atoms with Crippen LogP contribution in [0.3, 0.4) is 0 Å². The van der Waals surface area contributed by atoms with Crippen LogP contribution >= 0.6 is 0 Å². The zero-order valence-corrected chi connectivity index (χ0v) is 34.2. The van der Waals surface area contributed by atoms with Gasteiger partial charge in [-0.1, -0.05) is 75.1 Å². The molecule has 3 aliphatic heterocycles. The van der Waals surface area contributed by atoms with Crippen LogP contribution in [-0.4, -0.2) is 89.2 Å². The first-order valence-electron chi connectivity index (χ1n) is 20.3. The number of methoxy groups -OCH3 is 1. The smallest absolute Gasteiger partial charge is 0.407 e. The first-order valence-corrected chi connectivity index (χ1v) is 20.3. The average Bonchev–Trinajstić information content (AvgIpc) is 4.10. The molecule has 4 aromatic rings. The van der Waals surface area contributed by atoms with Gasteiger partial charge in [-0.2, -0.15) is 4.89 Å². The number of ether oxygens (including phenoxy) is 1. The van der Waals surface area contributed by atoms with E-state index in [9.17, 15) is 14.4 Å². The number of nitrogens with one attached hydrogen (secondary N) is 2. The van der Waals surface area contributed by atoms with Crippen LogP contribution in [0, 0.1) is 17.8 Å². The van der Waals surface area contributed by atoms with Crippen LogP contribution in [0.15, 0.2) is 89.0 Å². The third-order valence-corrected chi connectivity index (χ3v) is 11.5. The highest BCUT2D eigenvalue weighted by Crippen LogP contribution is 2.38. The molecule has 1 aromatic heterocycles. The molecule has 3 aliphatic rings. The van der Waals surface area contributed by atoms with Crippen molar-refractivity contribution in [1.82, 2.24) is 25.1 Å². The summed E-state index contributed by atoms with van der Waals surface area (Å²) in [5, 5.41) is 2.88. The number of fused-ring (bicyclic) bond motifs is 1. The van der Waals surface area contributed by atoms with E-state index in [2.05, 4.69) is 44.2 Å². The molecule has 3 aromatic carbocycles. The van der Waals surface area contributed by atoms with E-state index in [4.69, 9.17) is 19.6 Å². The molecule has 2 saturated heterocycles. The Kier molecular flexibility index (Phi) is 12.6. The second-order valence-electron chi connectivity index (χ2n) is 15.4. The van der Waals surface area contributed by atoms with Gasteiger partial charge in [-0.3, -0.25) is 14.6 Å². The number of carbonyl (C=O) groups is 3. The van der Waals surface area contributed by atoms with Gasteiger partial charge in [-0.15, -0.1) is 0 Å². The summed E-state index contributed by atoms with van der Waals surface area (Å²) in [4.78, 5) is 71.3. The fourth-order valence-electron chi connectivity index (χ4n) is 8.39. The Morgan fingerprint density at radius 2 is 1.68 bits per heavy atom. The molecule has 0 radical (unpaired) electrons. The first kappa shape index (κ1) is 40.9. The fourth-order valence-corrected chi connectivity index (χ4v) is 8.39. The Labute approximate surface area is 344 Å². The molecule has 13 nitrogen and oxygen atoms in total. The summed E-state index contributed by atoms with van der Waals surface area (Å²) in [7, 11) is 2.69. The number of aromatic nitrogens is 2. The van der Waals surface area contributed by atoms with Crippen molar-refractivity contribution in [3.8, 4) is 11.8 Å². The van der Waals surface area contributed by atoms with Gasteiger partial charge in [0.05, 0.1) is 37.3 Å². The normalized spacial score (nSPS) is 19.3. The highest BCUT2D eigenvalue weighted by Gasteiger charge is 2.47. The zero-order valence-electron chi connectivity index (χ0n) is 34.2. The van der Waals surface area contributed by atoms with Crippen LogP contribution in [0.4, 0.5) is 4.79 Å². The number of nitrogens with zero attached hydrogens (tertiary/aromatic N) is 5. The zero-order chi connectivity index (χ0) is 41.5. The Hall–Kier alpha value is -6.26. The number of amides is 3. The van der Waals surface area contributed by atoms with Crippen molar-refractivity contribution in [2.24, 2.45) is 15.9 Å². The predicted molar refractivity (Wildman–Crippen MR) is 226 cm³/mol.